The van der Waals surface area contributed by atoms with Gasteiger partial charge in [-0.2, -0.15) is 0 Å². The largest absolute Gasteiger partial charge is 0.456 e. The molecule has 0 aromatic heterocycles. The second-order valence-corrected chi connectivity index (χ2v) is 5.56. The fourth-order valence-electron chi connectivity index (χ4n) is 1.63. The third-order valence-electron chi connectivity index (χ3n) is 2.99. The molecule has 4 heteroatoms. The summed E-state index contributed by atoms with van der Waals surface area (Å²) in [7, 11) is 0. The zero-order valence-corrected chi connectivity index (χ0v) is 13.2. The van der Waals surface area contributed by atoms with Crippen molar-refractivity contribution >= 4 is 17.6 Å². The lowest BCUT2D eigenvalue weighted by Gasteiger charge is -2.21. The molecule has 0 heterocycles. The van der Waals surface area contributed by atoms with Crippen molar-refractivity contribution in [1.29, 1.82) is 0 Å². The van der Waals surface area contributed by atoms with Crippen molar-refractivity contribution in [3.05, 3.63) is 34.9 Å². The fourth-order valence-corrected chi connectivity index (χ4v) is 1.82. The number of carbonyl (C=O) groups is 1. The Labute approximate surface area is 126 Å². The summed E-state index contributed by atoms with van der Waals surface area (Å²) in [6.45, 7) is 7.28. The second kappa shape index (κ2) is 8.98. The molecule has 0 saturated carbocycles. The average Bonchev–Trinajstić information content (AvgIpc) is 2.41. The molecular formula is C16H23ClO3. The summed E-state index contributed by atoms with van der Waals surface area (Å²) in [6, 6.07) is 6.77. The topological polar surface area (TPSA) is 35.5 Å². The number of rotatable bonds is 8. The highest BCUT2D eigenvalue weighted by Gasteiger charge is 2.19. The van der Waals surface area contributed by atoms with Crippen LogP contribution in [0.25, 0.3) is 0 Å². The second-order valence-electron chi connectivity index (χ2n) is 5.13. The van der Waals surface area contributed by atoms with E-state index < -0.39 is 0 Å². The molecule has 0 amide bonds. The Hall–Kier alpha value is -1.06. The number of carbonyl (C=O) groups excluding carboxylic acids is 1. The summed E-state index contributed by atoms with van der Waals surface area (Å²) in [5.74, 6) is -0.148. The molecule has 20 heavy (non-hydrogen) atoms. The number of esters is 1. The summed E-state index contributed by atoms with van der Waals surface area (Å²) in [4.78, 5) is 12.1. The lowest BCUT2D eigenvalue weighted by Crippen LogP contribution is -2.29. The van der Waals surface area contributed by atoms with Crippen molar-refractivity contribution in [2.75, 3.05) is 13.2 Å². The molecule has 0 aliphatic carbocycles. The Bertz CT molecular complexity index is 418. The predicted octanol–water partition coefficient (Wildman–Crippen LogP) is 4.34. The van der Waals surface area contributed by atoms with E-state index >= 15 is 0 Å². The number of hydrogen-bond acceptors (Lipinski definition) is 3. The van der Waals surface area contributed by atoms with Crippen LogP contribution in [0.5, 0.6) is 0 Å². The smallest absolute Gasteiger partial charge is 0.338 e. The first-order valence-corrected chi connectivity index (χ1v) is 7.46. The third kappa shape index (κ3) is 5.93. The van der Waals surface area contributed by atoms with Gasteiger partial charge in [-0.1, -0.05) is 44.9 Å². The SMILES string of the molecule is CCCCOCC(OC(=O)c1cccc(Cl)c1)C(C)C. The highest BCUT2D eigenvalue weighted by Crippen LogP contribution is 2.15. The Morgan fingerprint density at radius 1 is 1.35 bits per heavy atom. The molecule has 1 aromatic carbocycles. The molecule has 0 saturated heterocycles. The standard InChI is InChI=1S/C16H23ClO3/c1-4-5-9-19-11-15(12(2)3)20-16(18)13-7-6-8-14(17)10-13/h6-8,10,12,15H,4-5,9,11H2,1-3H3. The third-order valence-corrected chi connectivity index (χ3v) is 3.22. The first kappa shape index (κ1) is 17.0. The minimum atomic E-state index is -0.356. The molecule has 1 aromatic rings. The number of benzene rings is 1. The molecule has 0 radical (unpaired) electrons. The van der Waals surface area contributed by atoms with Crippen LogP contribution in [0.1, 0.15) is 44.0 Å². The Kier molecular flexibility index (Phi) is 7.63. The van der Waals surface area contributed by atoms with E-state index in [2.05, 4.69) is 6.92 Å². The van der Waals surface area contributed by atoms with E-state index in [-0.39, 0.29) is 18.0 Å². The van der Waals surface area contributed by atoms with E-state index in [4.69, 9.17) is 21.1 Å². The summed E-state index contributed by atoms with van der Waals surface area (Å²) < 4.78 is 11.1. The maximum absolute atomic E-state index is 12.1. The van der Waals surface area contributed by atoms with Crippen LogP contribution in [-0.2, 0) is 9.47 Å². The van der Waals surface area contributed by atoms with Crippen molar-refractivity contribution in [3.63, 3.8) is 0 Å². The van der Waals surface area contributed by atoms with Gasteiger partial charge in [0.05, 0.1) is 12.2 Å². The van der Waals surface area contributed by atoms with Crippen LogP contribution in [0, 0.1) is 5.92 Å². The van der Waals surface area contributed by atoms with Crippen molar-refractivity contribution < 1.29 is 14.3 Å². The van der Waals surface area contributed by atoms with Crippen LogP contribution in [-0.4, -0.2) is 25.3 Å². The van der Waals surface area contributed by atoms with Crippen molar-refractivity contribution in [2.24, 2.45) is 5.92 Å². The molecule has 0 bridgehead atoms. The monoisotopic (exact) mass is 298 g/mol. The van der Waals surface area contributed by atoms with Crippen LogP contribution in [0.4, 0.5) is 0 Å². The van der Waals surface area contributed by atoms with Gasteiger partial charge in [-0.05, 0) is 30.5 Å². The van der Waals surface area contributed by atoms with E-state index in [0.29, 0.717) is 23.8 Å². The summed E-state index contributed by atoms with van der Waals surface area (Å²) in [5, 5.41) is 0.528. The minimum Gasteiger partial charge on any atom is -0.456 e. The highest BCUT2D eigenvalue weighted by atomic mass is 35.5. The zero-order valence-electron chi connectivity index (χ0n) is 12.4. The van der Waals surface area contributed by atoms with E-state index in [1.807, 2.05) is 13.8 Å². The van der Waals surface area contributed by atoms with Crippen molar-refractivity contribution in [2.45, 2.75) is 39.7 Å². The van der Waals surface area contributed by atoms with Crippen LogP contribution < -0.4 is 0 Å². The van der Waals surface area contributed by atoms with E-state index in [9.17, 15) is 4.79 Å². The van der Waals surface area contributed by atoms with E-state index in [1.165, 1.54) is 0 Å². The first-order chi connectivity index (χ1) is 9.54. The maximum Gasteiger partial charge on any atom is 0.338 e. The van der Waals surface area contributed by atoms with Gasteiger partial charge < -0.3 is 9.47 Å². The lowest BCUT2D eigenvalue weighted by atomic mass is 10.1. The molecule has 0 fully saturated rings. The molecule has 3 nitrogen and oxygen atoms in total. The van der Waals surface area contributed by atoms with Gasteiger partial charge in [-0.25, -0.2) is 4.79 Å². The van der Waals surface area contributed by atoms with Crippen LogP contribution in [0.15, 0.2) is 24.3 Å². The minimum absolute atomic E-state index is 0.208. The normalized spacial score (nSPS) is 12.4. The van der Waals surface area contributed by atoms with Crippen LogP contribution in [0.2, 0.25) is 5.02 Å². The molecule has 1 rings (SSSR count). The molecule has 0 N–H and O–H groups in total. The van der Waals surface area contributed by atoms with E-state index in [1.54, 1.807) is 24.3 Å². The van der Waals surface area contributed by atoms with Gasteiger partial charge in [0, 0.05) is 11.6 Å². The number of unbranched alkanes of at least 4 members (excludes halogenated alkanes) is 1. The molecule has 1 unspecified atom stereocenters. The lowest BCUT2D eigenvalue weighted by molar-refractivity contribution is -0.0209. The molecule has 0 aliphatic rings. The van der Waals surface area contributed by atoms with Gasteiger partial charge in [0.2, 0.25) is 0 Å². The molecule has 112 valence electrons. The Morgan fingerprint density at radius 3 is 2.70 bits per heavy atom. The van der Waals surface area contributed by atoms with Crippen LogP contribution >= 0.6 is 11.6 Å². The molecular weight excluding hydrogens is 276 g/mol. The van der Waals surface area contributed by atoms with Gasteiger partial charge in [0.25, 0.3) is 0 Å². The molecule has 1 atom stereocenters. The fraction of sp³-hybridized carbons (Fsp3) is 0.562. The quantitative estimate of drug-likeness (QED) is 0.529. The zero-order chi connectivity index (χ0) is 15.0. The highest BCUT2D eigenvalue weighted by molar-refractivity contribution is 6.30. The maximum atomic E-state index is 12.1. The molecule has 0 spiro atoms. The van der Waals surface area contributed by atoms with Gasteiger partial charge >= 0.3 is 5.97 Å². The number of hydrogen-bond donors (Lipinski definition) is 0. The summed E-state index contributed by atoms with van der Waals surface area (Å²) in [5.41, 5.74) is 0.469. The van der Waals surface area contributed by atoms with Gasteiger partial charge in [-0.15, -0.1) is 0 Å². The van der Waals surface area contributed by atoms with Gasteiger partial charge in [0.15, 0.2) is 0 Å². The van der Waals surface area contributed by atoms with E-state index in [0.717, 1.165) is 12.8 Å². The molecule has 0 aliphatic heterocycles. The van der Waals surface area contributed by atoms with Crippen LogP contribution in [0.3, 0.4) is 0 Å². The first-order valence-electron chi connectivity index (χ1n) is 7.09. The summed E-state index contributed by atoms with van der Waals surface area (Å²) in [6.07, 6.45) is 1.88. The van der Waals surface area contributed by atoms with Crippen molar-refractivity contribution in [3.8, 4) is 0 Å². The Balaban J connectivity index is 2.54. The number of halogens is 1. The van der Waals surface area contributed by atoms with Gasteiger partial charge in [-0.3, -0.25) is 0 Å². The average molecular weight is 299 g/mol. The predicted molar refractivity (Wildman–Crippen MR) is 81.2 cm³/mol. The van der Waals surface area contributed by atoms with Gasteiger partial charge in [0.1, 0.15) is 6.10 Å². The van der Waals surface area contributed by atoms with Crippen molar-refractivity contribution in [1.82, 2.24) is 0 Å². The Morgan fingerprint density at radius 2 is 2.10 bits per heavy atom. The summed E-state index contributed by atoms with van der Waals surface area (Å²) >= 11 is 5.87. The number of ether oxygens (including phenoxy) is 2.